The Morgan fingerprint density at radius 1 is 1.52 bits per heavy atom. The first kappa shape index (κ1) is 15.8. The quantitative estimate of drug-likeness (QED) is 0.749. The third-order valence-electron chi connectivity index (χ3n) is 3.67. The molecule has 0 bridgehead atoms. The minimum atomic E-state index is -0.545. The van der Waals surface area contributed by atoms with Crippen molar-refractivity contribution in [1.82, 2.24) is 5.32 Å². The second kappa shape index (κ2) is 7.43. The molecular weight excluding hydrogens is 270 g/mol. The highest BCUT2D eigenvalue weighted by Gasteiger charge is 2.21. The van der Waals surface area contributed by atoms with Crippen molar-refractivity contribution in [3.63, 3.8) is 0 Å². The summed E-state index contributed by atoms with van der Waals surface area (Å²) >= 11 is 0. The second-order valence-corrected chi connectivity index (χ2v) is 5.31. The molecule has 2 unspecified atom stereocenters. The summed E-state index contributed by atoms with van der Waals surface area (Å²) in [4.78, 5) is 11.9. The van der Waals surface area contributed by atoms with Gasteiger partial charge in [0.2, 0.25) is 0 Å². The van der Waals surface area contributed by atoms with Crippen LogP contribution in [0.25, 0.3) is 0 Å². The van der Waals surface area contributed by atoms with Crippen LogP contribution < -0.4 is 10.1 Å². The number of carbonyl (C=O) groups is 1. The second-order valence-electron chi connectivity index (χ2n) is 5.31. The lowest BCUT2D eigenvalue weighted by molar-refractivity contribution is -0.127. The Bertz CT molecular complexity index is 489. The van der Waals surface area contributed by atoms with Crippen molar-refractivity contribution in [2.45, 2.75) is 38.4 Å². The molecule has 5 heteroatoms. The van der Waals surface area contributed by atoms with Gasteiger partial charge in [0, 0.05) is 20.3 Å². The minimum Gasteiger partial charge on any atom is -0.481 e. The van der Waals surface area contributed by atoms with Crippen molar-refractivity contribution in [3.8, 4) is 5.75 Å². The first-order chi connectivity index (χ1) is 10.1. The van der Waals surface area contributed by atoms with E-state index < -0.39 is 6.10 Å². The van der Waals surface area contributed by atoms with Gasteiger partial charge in [-0.1, -0.05) is 6.07 Å². The summed E-state index contributed by atoms with van der Waals surface area (Å²) in [6.45, 7) is 2.94. The Morgan fingerprint density at radius 3 is 3.10 bits per heavy atom. The summed E-state index contributed by atoms with van der Waals surface area (Å²) in [6, 6.07) is 5.61. The molecule has 1 aliphatic rings. The molecular formula is C16H23NO4. The topological polar surface area (TPSA) is 67.8 Å². The molecule has 1 amide bonds. The zero-order chi connectivity index (χ0) is 15.2. The Morgan fingerprint density at radius 2 is 2.33 bits per heavy atom. The van der Waals surface area contributed by atoms with Crippen molar-refractivity contribution >= 4 is 5.91 Å². The molecule has 0 spiro atoms. The molecule has 1 aliphatic carbocycles. The number of carbonyl (C=O) groups excluding carboxylic acids is 1. The standard InChI is InChI=1S/C16H23NO4/c1-11(16(19)17-8-3-9-20-2)21-13-5-6-14-12(10-13)4-7-15(14)18/h5-6,10-11,15,18H,3-4,7-9H2,1-2H3,(H,17,19). The fourth-order valence-electron chi connectivity index (χ4n) is 2.47. The number of methoxy groups -OCH3 is 1. The van der Waals surface area contributed by atoms with E-state index in [2.05, 4.69) is 5.32 Å². The number of aliphatic hydroxyl groups excluding tert-OH is 1. The number of amides is 1. The van der Waals surface area contributed by atoms with Gasteiger partial charge < -0.3 is 19.9 Å². The normalized spacial score (nSPS) is 18.1. The van der Waals surface area contributed by atoms with Gasteiger partial charge in [-0.15, -0.1) is 0 Å². The van der Waals surface area contributed by atoms with Gasteiger partial charge in [0.25, 0.3) is 5.91 Å². The Balaban J connectivity index is 1.85. The van der Waals surface area contributed by atoms with Gasteiger partial charge >= 0.3 is 0 Å². The molecule has 5 nitrogen and oxygen atoms in total. The highest BCUT2D eigenvalue weighted by atomic mass is 16.5. The summed E-state index contributed by atoms with van der Waals surface area (Å²) < 4.78 is 10.6. The van der Waals surface area contributed by atoms with E-state index in [0.29, 0.717) is 18.9 Å². The van der Waals surface area contributed by atoms with Gasteiger partial charge in [-0.25, -0.2) is 0 Å². The minimum absolute atomic E-state index is 0.133. The first-order valence-electron chi connectivity index (χ1n) is 7.36. The predicted octanol–water partition coefficient (Wildman–Crippen LogP) is 1.59. The summed E-state index contributed by atoms with van der Waals surface area (Å²) in [7, 11) is 1.64. The molecule has 0 saturated carbocycles. The number of aliphatic hydroxyl groups is 1. The lowest BCUT2D eigenvalue weighted by atomic mass is 10.1. The molecule has 2 N–H and O–H groups in total. The Labute approximate surface area is 125 Å². The van der Waals surface area contributed by atoms with Crippen LogP contribution in [-0.2, 0) is 16.0 Å². The van der Waals surface area contributed by atoms with E-state index in [9.17, 15) is 9.90 Å². The van der Waals surface area contributed by atoms with Crippen molar-refractivity contribution in [2.24, 2.45) is 0 Å². The van der Waals surface area contributed by atoms with E-state index in [1.807, 2.05) is 18.2 Å². The molecule has 1 aromatic carbocycles. The summed E-state index contributed by atoms with van der Waals surface area (Å²) in [5.74, 6) is 0.536. The van der Waals surface area contributed by atoms with Crippen molar-refractivity contribution in [1.29, 1.82) is 0 Å². The fraction of sp³-hybridized carbons (Fsp3) is 0.562. The summed E-state index contributed by atoms with van der Waals surface area (Å²) in [5.41, 5.74) is 2.08. The van der Waals surface area contributed by atoms with E-state index >= 15 is 0 Å². The maximum absolute atomic E-state index is 11.9. The van der Waals surface area contributed by atoms with Gasteiger partial charge in [0.1, 0.15) is 5.75 Å². The van der Waals surface area contributed by atoms with Crippen LogP contribution in [-0.4, -0.2) is 37.4 Å². The summed E-state index contributed by atoms with van der Waals surface area (Å²) in [6.07, 6.45) is 1.48. The number of rotatable bonds is 7. The zero-order valence-electron chi connectivity index (χ0n) is 12.6. The largest absolute Gasteiger partial charge is 0.481 e. The molecule has 0 heterocycles. The number of benzene rings is 1. The first-order valence-corrected chi connectivity index (χ1v) is 7.36. The van der Waals surface area contributed by atoms with Crippen molar-refractivity contribution < 1.29 is 19.4 Å². The number of nitrogens with one attached hydrogen (secondary N) is 1. The number of hydrogen-bond donors (Lipinski definition) is 2. The monoisotopic (exact) mass is 293 g/mol. The number of hydrogen-bond acceptors (Lipinski definition) is 4. The van der Waals surface area contributed by atoms with E-state index in [1.165, 1.54) is 0 Å². The van der Waals surface area contributed by atoms with Crippen LogP contribution in [0.3, 0.4) is 0 Å². The van der Waals surface area contributed by atoms with Gasteiger partial charge in [0.15, 0.2) is 6.10 Å². The average molecular weight is 293 g/mol. The average Bonchev–Trinajstić information content (AvgIpc) is 2.84. The van der Waals surface area contributed by atoms with Crippen LogP contribution in [0.4, 0.5) is 0 Å². The maximum Gasteiger partial charge on any atom is 0.260 e. The lowest BCUT2D eigenvalue weighted by Crippen LogP contribution is -2.37. The van der Waals surface area contributed by atoms with Crippen LogP contribution in [0, 0.1) is 0 Å². The Kier molecular flexibility index (Phi) is 5.59. The SMILES string of the molecule is COCCCNC(=O)C(C)Oc1ccc2c(c1)CCC2O. The molecule has 21 heavy (non-hydrogen) atoms. The summed E-state index contributed by atoms with van der Waals surface area (Å²) in [5, 5.41) is 12.6. The van der Waals surface area contributed by atoms with Crippen LogP contribution in [0.2, 0.25) is 0 Å². The number of fused-ring (bicyclic) bond motifs is 1. The zero-order valence-corrected chi connectivity index (χ0v) is 12.6. The van der Waals surface area contributed by atoms with Crippen LogP contribution in [0.5, 0.6) is 5.75 Å². The van der Waals surface area contributed by atoms with Crippen molar-refractivity contribution in [3.05, 3.63) is 29.3 Å². The predicted molar refractivity (Wildman–Crippen MR) is 79.3 cm³/mol. The molecule has 0 aliphatic heterocycles. The molecule has 0 radical (unpaired) electrons. The molecule has 0 saturated heterocycles. The van der Waals surface area contributed by atoms with Gasteiger partial charge in [-0.3, -0.25) is 4.79 Å². The van der Waals surface area contributed by atoms with Gasteiger partial charge in [0.05, 0.1) is 6.10 Å². The Hall–Kier alpha value is -1.59. The molecule has 2 atom stereocenters. The number of ether oxygens (including phenoxy) is 2. The smallest absolute Gasteiger partial charge is 0.260 e. The molecule has 0 aromatic heterocycles. The van der Waals surface area contributed by atoms with Crippen LogP contribution in [0.15, 0.2) is 18.2 Å². The maximum atomic E-state index is 11.9. The third kappa shape index (κ3) is 4.19. The third-order valence-corrected chi connectivity index (χ3v) is 3.67. The van der Waals surface area contributed by atoms with Gasteiger partial charge in [-0.05, 0) is 49.4 Å². The number of aryl methyl sites for hydroxylation is 1. The van der Waals surface area contributed by atoms with E-state index in [-0.39, 0.29) is 12.0 Å². The van der Waals surface area contributed by atoms with E-state index in [1.54, 1.807) is 14.0 Å². The fourth-order valence-corrected chi connectivity index (χ4v) is 2.47. The van der Waals surface area contributed by atoms with Crippen LogP contribution in [0.1, 0.15) is 37.0 Å². The van der Waals surface area contributed by atoms with Crippen LogP contribution >= 0.6 is 0 Å². The molecule has 116 valence electrons. The molecule has 0 fully saturated rings. The lowest BCUT2D eigenvalue weighted by Gasteiger charge is -2.15. The highest BCUT2D eigenvalue weighted by molar-refractivity contribution is 5.80. The highest BCUT2D eigenvalue weighted by Crippen LogP contribution is 2.33. The van der Waals surface area contributed by atoms with E-state index in [0.717, 1.165) is 30.4 Å². The van der Waals surface area contributed by atoms with Gasteiger partial charge in [-0.2, -0.15) is 0 Å². The van der Waals surface area contributed by atoms with Crippen molar-refractivity contribution in [2.75, 3.05) is 20.3 Å². The molecule has 2 rings (SSSR count). The molecule has 1 aromatic rings. The van der Waals surface area contributed by atoms with E-state index in [4.69, 9.17) is 9.47 Å².